The predicted octanol–water partition coefficient (Wildman–Crippen LogP) is 3.50. The van der Waals surface area contributed by atoms with Gasteiger partial charge in [-0.05, 0) is 30.3 Å². The molecule has 0 aliphatic carbocycles. The summed E-state index contributed by atoms with van der Waals surface area (Å²) >= 11 is 2.21. The van der Waals surface area contributed by atoms with Crippen molar-refractivity contribution in [1.29, 1.82) is 5.26 Å². The van der Waals surface area contributed by atoms with E-state index in [1.807, 2.05) is 48.5 Å². The molecule has 0 bridgehead atoms. The van der Waals surface area contributed by atoms with E-state index in [1.54, 1.807) is 0 Å². The number of rotatable bonds is 1. The molecule has 18 heavy (non-hydrogen) atoms. The van der Waals surface area contributed by atoms with E-state index in [0.29, 0.717) is 5.56 Å². The van der Waals surface area contributed by atoms with E-state index >= 15 is 0 Å². The molecule has 86 valence electrons. The summed E-state index contributed by atoms with van der Waals surface area (Å²) in [6, 6.07) is 17.8. The van der Waals surface area contributed by atoms with Crippen LogP contribution < -0.4 is 0 Å². The molecule has 2 aromatic carbocycles. The van der Waals surface area contributed by atoms with Crippen LogP contribution in [0, 0.1) is 15.2 Å². The standard InChI is InChI=1S/C14H8IN3/c15-14-17-12-8-10(9-16)6-7-13(12)18(14)11-4-2-1-3-5-11/h1-8H. The number of nitrogens with zero attached hydrogens (tertiary/aromatic N) is 3. The Balaban J connectivity index is 2.31. The molecule has 0 spiro atoms. The molecule has 0 radical (unpaired) electrons. The highest BCUT2D eigenvalue weighted by Crippen LogP contribution is 2.23. The van der Waals surface area contributed by atoms with E-state index in [1.165, 1.54) is 0 Å². The monoisotopic (exact) mass is 345 g/mol. The van der Waals surface area contributed by atoms with E-state index in [4.69, 9.17) is 5.26 Å². The summed E-state index contributed by atoms with van der Waals surface area (Å²) in [5.74, 6) is 0. The Kier molecular flexibility index (Phi) is 2.76. The SMILES string of the molecule is N#Cc1ccc2c(c1)nc(I)n2-c1ccccc1. The van der Waals surface area contributed by atoms with Crippen LogP contribution in [-0.2, 0) is 0 Å². The summed E-state index contributed by atoms with van der Waals surface area (Å²) < 4.78 is 2.97. The summed E-state index contributed by atoms with van der Waals surface area (Å²) in [5, 5.41) is 8.90. The zero-order valence-electron chi connectivity index (χ0n) is 9.34. The number of aromatic nitrogens is 2. The third kappa shape index (κ3) is 1.77. The zero-order chi connectivity index (χ0) is 12.5. The molecule has 0 fully saturated rings. The number of para-hydroxylation sites is 1. The van der Waals surface area contributed by atoms with Gasteiger partial charge in [0.05, 0.1) is 22.7 Å². The lowest BCUT2D eigenvalue weighted by molar-refractivity contribution is 1.04. The first-order valence-corrected chi connectivity index (χ1v) is 6.51. The van der Waals surface area contributed by atoms with Crippen LogP contribution in [0.1, 0.15) is 5.56 Å². The Hall–Kier alpha value is -1.87. The Morgan fingerprint density at radius 3 is 2.61 bits per heavy atom. The lowest BCUT2D eigenvalue weighted by Crippen LogP contribution is -1.95. The molecule has 0 unspecified atom stereocenters. The molecular formula is C14H8IN3. The molecule has 1 aromatic heterocycles. The molecule has 0 saturated carbocycles. The van der Waals surface area contributed by atoms with Gasteiger partial charge in [0.15, 0.2) is 3.83 Å². The average Bonchev–Trinajstić information content (AvgIpc) is 2.74. The van der Waals surface area contributed by atoms with Gasteiger partial charge in [-0.15, -0.1) is 0 Å². The number of halogens is 1. The first-order chi connectivity index (χ1) is 8.79. The number of hydrogen-bond acceptors (Lipinski definition) is 2. The Morgan fingerprint density at radius 2 is 1.89 bits per heavy atom. The molecule has 0 amide bonds. The van der Waals surface area contributed by atoms with Gasteiger partial charge in [0.1, 0.15) is 0 Å². The van der Waals surface area contributed by atoms with Crippen molar-refractivity contribution in [3.63, 3.8) is 0 Å². The van der Waals surface area contributed by atoms with Gasteiger partial charge in [0, 0.05) is 28.3 Å². The van der Waals surface area contributed by atoms with Gasteiger partial charge in [-0.2, -0.15) is 5.26 Å². The maximum absolute atomic E-state index is 8.90. The van der Waals surface area contributed by atoms with Crippen LogP contribution >= 0.6 is 22.6 Å². The highest BCUT2D eigenvalue weighted by molar-refractivity contribution is 14.1. The minimum absolute atomic E-state index is 0.636. The first kappa shape index (κ1) is 11.2. The molecule has 0 N–H and O–H groups in total. The van der Waals surface area contributed by atoms with Crippen molar-refractivity contribution in [2.24, 2.45) is 0 Å². The van der Waals surface area contributed by atoms with Gasteiger partial charge in [-0.1, -0.05) is 18.2 Å². The quantitative estimate of drug-likeness (QED) is 0.634. The van der Waals surface area contributed by atoms with Crippen molar-refractivity contribution in [3.8, 4) is 11.8 Å². The van der Waals surface area contributed by atoms with E-state index in [2.05, 4.69) is 38.2 Å². The van der Waals surface area contributed by atoms with E-state index in [0.717, 1.165) is 20.6 Å². The molecule has 0 aliphatic heterocycles. The summed E-state index contributed by atoms with van der Waals surface area (Å²) in [5.41, 5.74) is 3.58. The largest absolute Gasteiger partial charge is 0.288 e. The van der Waals surface area contributed by atoms with Crippen LogP contribution in [0.4, 0.5) is 0 Å². The molecule has 4 heteroatoms. The normalized spacial score (nSPS) is 10.4. The van der Waals surface area contributed by atoms with Gasteiger partial charge < -0.3 is 0 Å². The lowest BCUT2D eigenvalue weighted by Gasteiger charge is -2.05. The highest BCUT2D eigenvalue weighted by Gasteiger charge is 2.10. The maximum Gasteiger partial charge on any atom is 0.177 e. The van der Waals surface area contributed by atoms with Crippen LogP contribution in [0.2, 0.25) is 0 Å². The van der Waals surface area contributed by atoms with Crippen LogP contribution in [-0.4, -0.2) is 9.55 Å². The fourth-order valence-corrected chi connectivity index (χ4v) is 2.74. The van der Waals surface area contributed by atoms with Crippen LogP contribution in [0.3, 0.4) is 0 Å². The van der Waals surface area contributed by atoms with Crippen molar-refractivity contribution >= 4 is 33.6 Å². The third-order valence-electron chi connectivity index (χ3n) is 2.76. The maximum atomic E-state index is 8.90. The molecular weight excluding hydrogens is 337 g/mol. The Bertz CT molecular complexity index is 754. The average molecular weight is 345 g/mol. The van der Waals surface area contributed by atoms with Gasteiger partial charge in [0.2, 0.25) is 0 Å². The van der Waals surface area contributed by atoms with Gasteiger partial charge in [-0.25, -0.2) is 4.98 Å². The zero-order valence-corrected chi connectivity index (χ0v) is 11.5. The van der Waals surface area contributed by atoms with Gasteiger partial charge in [-0.3, -0.25) is 4.57 Å². The van der Waals surface area contributed by atoms with Crippen molar-refractivity contribution in [2.75, 3.05) is 0 Å². The summed E-state index contributed by atoms with van der Waals surface area (Å²) in [7, 11) is 0. The second-order valence-corrected chi connectivity index (χ2v) is 4.83. The minimum atomic E-state index is 0.636. The van der Waals surface area contributed by atoms with Gasteiger partial charge >= 0.3 is 0 Å². The molecule has 3 nitrogen and oxygen atoms in total. The number of benzene rings is 2. The fraction of sp³-hybridized carbons (Fsp3) is 0. The molecule has 3 aromatic rings. The second kappa shape index (κ2) is 4.42. The van der Waals surface area contributed by atoms with Crippen molar-refractivity contribution in [2.45, 2.75) is 0 Å². The highest BCUT2D eigenvalue weighted by atomic mass is 127. The number of nitriles is 1. The van der Waals surface area contributed by atoms with E-state index in [-0.39, 0.29) is 0 Å². The molecule has 0 aliphatic rings. The summed E-state index contributed by atoms with van der Waals surface area (Å²) in [4.78, 5) is 4.50. The number of imidazole rings is 1. The second-order valence-electron chi connectivity index (χ2n) is 3.87. The van der Waals surface area contributed by atoms with Crippen LogP contribution in [0.25, 0.3) is 16.7 Å². The van der Waals surface area contributed by atoms with E-state index in [9.17, 15) is 0 Å². The minimum Gasteiger partial charge on any atom is -0.288 e. The van der Waals surface area contributed by atoms with E-state index < -0.39 is 0 Å². The van der Waals surface area contributed by atoms with Gasteiger partial charge in [0.25, 0.3) is 0 Å². The summed E-state index contributed by atoms with van der Waals surface area (Å²) in [6.07, 6.45) is 0. The van der Waals surface area contributed by atoms with Crippen LogP contribution in [0.5, 0.6) is 0 Å². The third-order valence-corrected chi connectivity index (χ3v) is 3.48. The topological polar surface area (TPSA) is 41.6 Å². The lowest BCUT2D eigenvalue weighted by atomic mass is 10.2. The first-order valence-electron chi connectivity index (χ1n) is 5.43. The Labute approximate surface area is 118 Å². The molecule has 1 heterocycles. The van der Waals surface area contributed by atoms with Crippen molar-refractivity contribution in [1.82, 2.24) is 9.55 Å². The smallest absolute Gasteiger partial charge is 0.177 e. The molecule has 3 rings (SSSR count). The van der Waals surface area contributed by atoms with Crippen molar-refractivity contribution in [3.05, 3.63) is 57.9 Å². The fourth-order valence-electron chi connectivity index (χ4n) is 1.94. The number of fused-ring (bicyclic) bond motifs is 1. The van der Waals surface area contributed by atoms with Crippen molar-refractivity contribution < 1.29 is 0 Å². The summed E-state index contributed by atoms with van der Waals surface area (Å²) in [6.45, 7) is 0. The predicted molar refractivity (Wildman–Crippen MR) is 78.5 cm³/mol. The Morgan fingerprint density at radius 1 is 1.11 bits per heavy atom. The number of hydrogen-bond donors (Lipinski definition) is 0. The molecule has 0 saturated heterocycles. The molecule has 0 atom stereocenters. The van der Waals surface area contributed by atoms with Crippen LogP contribution in [0.15, 0.2) is 48.5 Å².